The van der Waals surface area contributed by atoms with Gasteiger partial charge in [-0.15, -0.1) is 0 Å². The summed E-state index contributed by atoms with van der Waals surface area (Å²) in [5.41, 5.74) is 1.07. The molecule has 1 atom stereocenters. The van der Waals surface area contributed by atoms with Gasteiger partial charge >= 0.3 is 0 Å². The molecule has 1 heterocycles. The number of nitrogens with one attached hydrogen (secondary N) is 1. The van der Waals surface area contributed by atoms with E-state index in [0.717, 1.165) is 36.7 Å². The second kappa shape index (κ2) is 7.17. The Hall–Kier alpha value is -1.51. The lowest BCUT2D eigenvalue weighted by Gasteiger charge is -2.14. The number of anilines is 1. The van der Waals surface area contributed by atoms with Gasteiger partial charge in [-0.25, -0.2) is 0 Å². The standard InChI is InChI=1S/C16H24N2O/c1-3-13(2)19-15-9-7-8-14(12-15)18-16-10-5-4-6-11-17-16/h7-9,12-13H,3-6,10-11H2,1-2H3,(H,17,18). The fourth-order valence-corrected chi connectivity index (χ4v) is 2.11. The summed E-state index contributed by atoms with van der Waals surface area (Å²) in [7, 11) is 0. The highest BCUT2D eigenvalue weighted by Gasteiger charge is 2.06. The topological polar surface area (TPSA) is 33.6 Å². The summed E-state index contributed by atoms with van der Waals surface area (Å²) in [5.74, 6) is 2.03. The lowest BCUT2D eigenvalue weighted by Crippen LogP contribution is -2.12. The van der Waals surface area contributed by atoms with E-state index in [1.807, 2.05) is 12.1 Å². The number of ether oxygens (including phenoxy) is 1. The van der Waals surface area contributed by atoms with Crippen molar-refractivity contribution in [1.29, 1.82) is 0 Å². The van der Waals surface area contributed by atoms with E-state index in [4.69, 9.17) is 4.74 Å². The highest BCUT2D eigenvalue weighted by atomic mass is 16.5. The van der Waals surface area contributed by atoms with Crippen molar-refractivity contribution >= 4 is 11.5 Å². The Kier molecular flexibility index (Phi) is 5.25. The SMILES string of the molecule is CCC(C)Oc1cccc(NC2=NCCCCC2)c1. The van der Waals surface area contributed by atoms with Crippen LogP contribution in [0.2, 0.25) is 0 Å². The first-order valence-corrected chi connectivity index (χ1v) is 7.35. The van der Waals surface area contributed by atoms with E-state index in [0.29, 0.717) is 0 Å². The zero-order valence-corrected chi connectivity index (χ0v) is 12.0. The molecule has 0 amide bonds. The summed E-state index contributed by atoms with van der Waals surface area (Å²) < 4.78 is 5.84. The van der Waals surface area contributed by atoms with Gasteiger partial charge < -0.3 is 10.1 Å². The maximum atomic E-state index is 5.84. The molecule has 2 rings (SSSR count). The van der Waals surface area contributed by atoms with Crippen LogP contribution in [-0.2, 0) is 0 Å². The fourth-order valence-electron chi connectivity index (χ4n) is 2.11. The van der Waals surface area contributed by atoms with Gasteiger partial charge in [0, 0.05) is 24.7 Å². The molecule has 1 aliphatic rings. The molecule has 0 bridgehead atoms. The Bertz CT molecular complexity index is 429. The van der Waals surface area contributed by atoms with E-state index < -0.39 is 0 Å². The van der Waals surface area contributed by atoms with Crippen molar-refractivity contribution in [1.82, 2.24) is 0 Å². The Labute approximate surface area is 116 Å². The normalized spacial score (nSPS) is 17.3. The number of rotatable bonds is 4. The number of hydrogen-bond donors (Lipinski definition) is 1. The second-order valence-corrected chi connectivity index (χ2v) is 5.13. The molecule has 3 heteroatoms. The summed E-state index contributed by atoms with van der Waals surface area (Å²) in [4.78, 5) is 4.59. The summed E-state index contributed by atoms with van der Waals surface area (Å²) in [6.45, 7) is 5.17. The van der Waals surface area contributed by atoms with Crippen LogP contribution in [0.25, 0.3) is 0 Å². The fraction of sp³-hybridized carbons (Fsp3) is 0.562. The molecule has 0 saturated heterocycles. The van der Waals surface area contributed by atoms with Crippen LogP contribution in [-0.4, -0.2) is 18.5 Å². The number of nitrogens with zero attached hydrogens (tertiary/aromatic N) is 1. The molecular weight excluding hydrogens is 236 g/mol. The van der Waals surface area contributed by atoms with Crippen LogP contribution in [0.1, 0.15) is 46.0 Å². The molecule has 0 spiro atoms. The molecule has 1 aliphatic heterocycles. The number of hydrogen-bond acceptors (Lipinski definition) is 3. The summed E-state index contributed by atoms with van der Waals surface area (Å²) in [5, 5.41) is 3.42. The predicted octanol–water partition coefficient (Wildman–Crippen LogP) is 4.25. The molecule has 3 nitrogen and oxygen atoms in total. The van der Waals surface area contributed by atoms with E-state index >= 15 is 0 Å². The molecule has 1 aromatic carbocycles. The Balaban J connectivity index is 2.00. The number of benzene rings is 1. The molecule has 1 unspecified atom stereocenters. The van der Waals surface area contributed by atoms with Crippen molar-refractivity contribution in [2.75, 3.05) is 11.9 Å². The third kappa shape index (κ3) is 4.58. The van der Waals surface area contributed by atoms with Crippen molar-refractivity contribution in [3.8, 4) is 5.75 Å². The van der Waals surface area contributed by atoms with Crippen LogP contribution in [0.15, 0.2) is 29.3 Å². The third-order valence-corrected chi connectivity index (χ3v) is 3.41. The van der Waals surface area contributed by atoms with E-state index in [1.54, 1.807) is 0 Å². The van der Waals surface area contributed by atoms with E-state index in [1.165, 1.54) is 19.3 Å². The third-order valence-electron chi connectivity index (χ3n) is 3.41. The van der Waals surface area contributed by atoms with E-state index in [2.05, 4.69) is 36.3 Å². The molecule has 0 fully saturated rings. The first-order chi connectivity index (χ1) is 9.28. The van der Waals surface area contributed by atoms with Crippen LogP contribution in [0.5, 0.6) is 5.75 Å². The highest BCUT2D eigenvalue weighted by Crippen LogP contribution is 2.20. The Morgan fingerprint density at radius 2 is 2.21 bits per heavy atom. The largest absolute Gasteiger partial charge is 0.491 e. The molecule has 0 radical (unpaired) electrons. The van der Waals surface area contributed by atoms with E-state index in [9.17, 15) is 0 Å². The van der Waals surface area contributed by atoms with Gasteiger partial charge in [-0.2, -0.15) is 0 Å². The van der Waals surface area contributed by atoms with Crippen LogP contribution in [0.3, 0.4) is 0 Å². The quantitative estimate of drug-likeness (QED) is 0.878. The molecule has 1 aromatic rings. The van der Waals surface area contributed by atoms with Gasteiger partial charge in [0.1, 0.15) is 11.6 Å². The van der Waals surface area contributed by atoms with Crippen LogP contribution in [0, 0.1) is 0 Å². The maximum absolute atomic E-state index is 5.84. The average Bonchev–Trinajstić information content (AvgIpc) is 2.67. The van der Waals surface area contributed by atoms with Crippen molar-refractivity contribution in [2.24, 2.45) is 4.99 Å². The van der Waals surface area contributed by atoms with Gasteiger partial charge in [-0.1, -0.05) is 19.4 Å². The predicted molar refractivity (Wildman–Crippen MR) is 81.2 cm³/mol. The van der Waals surface area contributed by atoms with E-state index in [-0.39, 0.29) is 6.10 Å². The number of aliphatic imine (C=N–C) groups is 1. The first kappa shape index (κ1) is 13.9. The van der Waals surface area contributed by atoms with Crippen molar-refractivity contribution < 1.29 is 4.74 Å². The molecule has 0 aliphatic carbocycles. The van der Waals surface area contributed by atoms with Crippen molar-refractivity contribution in [2.45, 2.75) is 52.1 Å². The molecule has 1 N–H and O–H groups in total. The van der Waals surface area contributed by atoms with Gasteiger partial charge in [-0.05, 0) is 38.3 Å². The van der Waals surface area contributed by atoms with Gasteiger partial charge in [0.2, 0.25) is 0 Å². The summed E-state index contributed by atoms with van der Waals surface area (Å²) in [6.07, 6.45) is 6.05. The molecular formula is C16H24N2O. The maximum Gasteiger partial charge on any atom is 0.121 e. The lowest BCUT2D eigenvalue weighted by atomic mass is 10.2. The zero-order valence-electron chi connectivity index (χ0n) is 12.0. The van der Waals surface area contributed by atoms with Gasteiger partial charge in [0.25, 0.3) is 0 Å². The summed E-state index contributed by atoms with van der Waals surface area (Å²) >= 11 is 0. The minimum absolute atomic E-state index is 0.255. The van der Waals surface area contributed by atoms with Crippen LogP contribution in [0.4, 0.5) is 5.69 Å². The summed E-state index contributed by atoms with van der Waals surface area (Å²) in [6, 6.07) is 8.15. The monoisotopic (exact) mass is 260 g/mol. The highest BCUT2D eigenvalue weighted by molar-refractivity contribution is 5.95. The first-order valence-electron chi connectivity index (χ1n) is 7.35. The van der Waals surface area contributed by atoms with Crippen LogP contribution < -0.4 is 10.1 Å². The van der Waals surface area contributed by atoms with Crippen molar-refractivity contribution in [3.05, 3.63) is 24.3 Å². The minimum Gasteiger partial charge on any atom is -0.491 e. The van der Waals surface area contributed by atoms with Gasteiger partial charge in [0.05, 0.1) is 6.10 Å². The smallest absolute Gasteiger partial charge is 0.121 e. The van der Waals surface area contributed by atoms with Crippen molar-refractivity contribution in [3.63, 3.8) is 0 Å². The number of amidine groups is 1. The Morgan fingerprint density at radius 1 is 1.32 bits per heavy atom. The minimum atomic E-state index is 0.255. The Morgan fingerprint density at radius 3 is 3.05 bits per heavy atom. The molecule has 0 aromatic heterocycles. The molecule has 104 valence electrons. The van der Waals surface area contributed by atoms with Gasteiger partial charge in [-0.3, -0.25) is 4.99 Å². The second-order valence-electron chi connectivity index (χ2n) is 5.13. The van der Waals surface area contributed by atoms with Crippen LogP contribution >= 0.6 is 0 Å². The lowest BCUT2D eigenvalue weighted by molar-refractivity contribution is 0.217. The molecule has 19 heavy (non-hydrogen) atoms. The molecule has 0 saturated carbocycles. The zero-order chi connectivity index (χ0) is 13.5. The average molecular weight is 260 g/mol. The van der Waals surface area contributed by atoms with Gasteiger partial charge in [0.15, 0.2) is 0 Å².